The summed E-state index contributed by atoms with van der Waals surface area (Å²) in [4.78, 5) is 11.9. The molecule has 8 nitrogen and oxygen atoms in total. The molecule has 0 radical (unpaired) electrons. The van der Waals surface area contributed by atoms with E-state index in [0.717, 1.165) is 27.8 Å². The Balaban J connectivity index is 0.00000150. The second-order valence-electron chi connectivity index (χ2n) is 6.89. The Bertz CT molecular complexity index is 1080. The van der Waals surface area contributed by atoms with Crippen molar-refractivity contribution in [2.45, 2.75) is 55.1 Å². The molecule has 0 saturated heterocycles. The molecule has 0 fully saturated rings. The van der Waals surface area contributed by atoms with Crippen LogP contribution in [0.25, 0.3) is 16.6 Å². The molecule has 0 aliphatic rings. The van der Waals surface area contributed by atoms with Crippen molar-refractivity contribution in [1.29, 1.82) is 0 Å². The average Bonchev–Trinajstić information content (AvgIpc) is 3.23. The maximum Gasteiger partial charge on any atom is 0.158 e. The summed E-state index contributed by atoms with van der Waals surface area (Å²) in [5.74, 6) is 1.57. The number of nitrogens with zero attached hydrogens (tertiary/aromatic N) is 4. The predicted molar refractivity (Wildman–Crippen MR) is 124 cm³/mol. The van der Waals surface area contributed by atoms with Gasteiger partial charge < -0.3 is 20.1 Å². The van der Waals surface area contributed by atoms with Crippen LogP contribution in [-0.2, 0) is 0 Å². The molecule has 0 spiro atoms. The largest absolute Gasteiger partial charge is 0.489 e. The van der Waals surface area contributed by atoms with Gasteiger partial charge in [0.05, 0.1) is 24.2 Å². The van der Waals surface area contributed by atoms with Crippen LogP contribution in [0.15, 0.2) is 37.1 Å². The average molecular weight is 415 g/mol. The molecule has 4 aromatic heterocycles. The fraction of sp³-hybridized carbons (Fsp3) is 0.409. The molecule has 4 aromatic rings. The van der Waals surface area contributed by atoms with Crippen LogP contribution in [0.5, 0.6) is 5.75 Å². The third-order valence-corrected chi connectivity index (χ3v) is 4.30. The number of anilines is 2. The molecule has 0 amide bonds. The Morgan fingerprint density at radius 1 is 1.20 bits per heavy atom. The molecule has 164 valence electrons. The second-order valence-corrected chi connectivity index (χ2v) is 6.89. The fourth-order valence-corrected chi connectivity index (χ4v) is 3.13. The lowest BCUT2D eigenvalue weighted by Gasteiger charge is -2.13. The number of H-pyrrole nitrogens is 1. The summed E-state index contributed by atoms with van der Waals surface area (Å²) >= 11 is 0. The van der Waals surface area contributed by atoms with Gasteiger partial charge in [-0.15, -0.1) is 0 Å². The van der Waals surface area contributed by atoms with E-state index in [1.165, 1.54) is 6.33 Å². The van der Waals surface area contributed by atoms with E-state index < -0.39 is 6.10 Å². The van der Waals surface area contributed by atoms with E-state index >= 15 is 0 Å². The van der Waals surface area contributed by atoms with Gasteiger partial charge in [-0.05, 0) is 25.0 Å². The van der Waals surface area contributed by atoms with E-state index in [9.17, 15) is 5.11 Å². The lowest BCUT2D eigenvalue weighted by Crippen LogP contribution is -2.13. The highest BCUT2D eigenvalue weighted by Gasteiger charge is 2.20. The molecule has 4 rings (SSSR count). The monoisotopic (exact) mass is 414 g/mol. The van der Waals surface area contributed by atoms with Gasteiger partial charge in [0.25, 0.3) is 0 Å². The van der Waals surface area contributed by atoms with Gasteiger partial charge in [0, 0.05) is 17.1 Å². The molecule has 0 aliphatic carbocycles. The quantitative estimate of drug-likeness (QED) is 0.404. The summed E-state index contributed by atoms with van der Waals surface area (Å²) in [6.45, 7) is 6.10. The van der Waals surface area contributed by atoms with Crippen molar-refractivity contribution in [2.24, 2.45) is 0 Å². The highest BCUT2D eigenvalue weighted by Crippen LogP contribution is 2.36. The number of aromatic amines is 1. The molecule has 0 aliphatic heterocycles. The second kappa shape index (κ2) is 10.1. The molecule has 0 aromatic carbocycles. The Morgan fingerprint density at radius 3 is 2.67 bits per heavy atom. The first-order chi connectivity index (χ1) is 13.0. The minimum Gasteiger partial charge on any atom is -0.489 e. The van der Waals surface area contributed by atoms with Crippen LogP contribution < -0.4 is 10.1 Å². The molecular formula is C22H34N6O2. The number of fused-ring (bicyclic) bond motifs is 2. The fourth-order valence-electron chi connectivity index (χ4n) is 3.13. The van der Waals surface area contributed by atoms with Crippen molar-refractivity contribution >= 4 is 28.1 Å². The maximum absolute atomic E-state index is 9.55. The molecular weight excluding hydrogens is 380 g/mol. The Morgan fingerprint density at radius 2 is 1.97 bits per heavy atom. The first-order valence-electron chi connectivity index (χ1n) is 8.90. The van der Waals surface area contributed by atoms with Gasteiger partial charge in [-0.1, -0.05) is 36.1 Å². The number of rotatable bonds is 6. The summed E-state index contributed by atoms with van der Waals surface area (Å²) in [5.41, 5.74) is 3.52. The van der Waals surface area contributed by atoms with Crippen LogP contribution >= 0.6 is 0 Å². The summed E-state index contributed by atoms with van der Waals surface area (Å²) in [6.07, 6.45) is 6.41. The van der Waals surface area contributed by atoms with Crippen LogP contribution in [0.4, 0.5) is 11.5 Å². The third kappa shape index (κ3) is 4.71. The minimum absolute atomic E-state index is 0. The zero-order chi connectivity index (χ0) is 19.0. The van der Waals surface area contributed by atoms with E-state index in [0.29, 0.717) is 11.6 Å². The number of hydrogen-bond donors (Lipinski definition) is 3. The van der Waals surface area contributed by atoms with Gasteiger partial charge in [0.1, 0.15) is 29.8 Å². The zero-order valence-corrected chi connectivity index (χ0v) is 15.5. The van der Waals surface area contributed by atoms with Gasteiger partial charge in [0.2, 0.25) is 0 Å². The molecule has 30 heavy (non-hydrogen) atoms. The lowest BCUT2D eigenvalue weighted by molar-refractivity contribution is 0.122. The molecule has 3 N–H and O–H groups in total. The highest BCUT2D eigenvalue weighted by molar-refractivity contribution is 5.83. The normalized spacial score (nSPS) is 11.5. The number of aliphatic hydroxyl groups is 1. The van der Waals surface area contributed by atoms with Crippen LogP contribution in [0.2, 0.25) is 0 Å². The molecule has 8 heteroatoms. The Labute approximate surface area is 178 Å². The first-order valence-corrected chi connectivity index (χ1v) is 8.90. The third-order valence-electron chi connectivity index (χ3n) is 4.30. The SMILES string of the molecule is C.C.C.CC(C)c1c(OC[C@@H](C)O)cn2ncnc(Nc3cnc4[nH]ccc4c3)c12. The number of aromatic nitrogens is 5. The molecule has 4 heterocycles. The number of pyridine rings is 1. The summed E-state index contributed by atoms with van der Waals surface area (Å²) in [7, 11) is 0. The minimum atomic E-state index is -0.546. The van der Waals surface area contributed by atoms with E-state index in [1.54, 1.807) is 17.6 Å². The molecule has 0 unspecified atom stereocenters. The van der Waals surface area contributed by atoms with E-state index in [4.69, 9.17) is 4.74 Å². The standard InChI is InChI=1S/C19H22N6O2.3CH4/c1-11(2)16-15(27-9-12(3)26)8-25-17(16)19(22-10-23-25)24-14-6-13-4-5-20-18(13)21-7-14;;;/h4-8,10-12,26H,9H2,1-3H3,(H,20,21)(H,22,23,24);3*1H4/t12-;;;/m1.../s1. The predicted octanol–water partition coefficient (Wildman–Crippen LogP) is 5.14. The van der Waals surface area contributed by atoms with Crippen molar-refractivity contribution in [2.75, 3.05) is 11.9 Å². The van der Waals surface area contributed by atoms with E-state index in [2.05, 4.69) is 39.2 Å². The number of aliphatic hydroxyl groups excluding tert-OH is 1. The van der Waals surface area contributed by atoms with Crippen molar-refractivity contribution in [3.8, 4) is 5.75 Å². The number of nitrogens with one attached hydrogen (secondary N) is 2. The Hall–Kier alpha value is -3.13. The van der Waals surface area contributed by atoms with Crippen LogP contribution in [0.1, 0.15) is 54.5 Å². The van der Waals surface area contributed by atoms with Gasteiger partial charge in [-0.3, -0.25) is 0 Å². The molecule has 1 atom stereocenters. The zero-order valence-electron chi connectivity index (χ0n) is 15.5. The van der Waals surface area contributed by atoms with Crippen molar-refractivity contribution in [1.82, 2.24) is 24.6 Å². The van der Waals surface area contributed by atoms with Gasteiger partial charge in [-0.2, -0.15) is 5.10 Å². The topological polar surface area (TPSA) is 100 Å². The molecule has 0 saturated carbocycles. The van der Waals surface area contributed by atoms with Crippen LogP contribution in [0.3, 0.4) is 0 Å². The van der Waals surface area contributed by atoms with Gasteiger partial charge >= 0.3 is 0 Å². The summed E-state index contributed by atoms with van der Waals surface area (Å²) in [5, 5.41) is 18.2. The number of hydrogen-bond acceptors (Lipinski definition) is 6. The van der Waals surface area contributed by atoms with E-state index in [-0.39, 0.29) is 34.8 Å². The summed E-state index contributed by atoms with van der Waals surface area (Å²) < 4.78 is 7.57. The van der Waals surface area contributed by atoms with Crippen LogP contribution in [0, 0.1) is 0 Å². The smallest absolute Gasteiger partial charge is 0.158 e. The summed E-state index contributed by atoms with van der Waals surface area (Å²) in [6, 6.07) is 3.99. The number of ether oxygens (including phenoxy) is 1. The highest BCUT2D eigenvalue weighted by atomic mass is 16.5. The van der Waals surface area contributed by atoms with E-state index in [1.807, 2.05) is 24.5 Å². The lowest BCUT2D eigenvalue weighted by atomic mass is 10.0. The van der Waals surface area contributed by atoms with Crippen molar-refractivity contribution < 1.29 is 9.84 Å². The van der Waals surface area contributed by atoms with Crippen molar-refractivity contribution in [3.05, 3.63) is 42.6 Å². The Kier molecular flexibility index (Phi) is 8.36. The van der Waals surface area contributed by atoms with Gasteiger partial charge in [0.15, 0.2) is 5.82 Å². The van der Waals surface area contributed by atoms with Gasteiger partial charge in [-0.25, -0.2) is 14.5 Å². The maximum atomic E-state index is 9.55. The first kappa shape index (κ1) is 24.9. The molecule has 0 bridgehead atoms. The van der Waals surface area contributed by atoms with Crippen molar-refractivity contribution in [3.63, 3.8) is 0 Å². The van der Waals surface area contributed by atoms with Crippen LogP contribution in [-0.4, -0.2) is 42.4 Å².